The molecule has 0 unspecified atom stereocenters. The predicted octanol–water partition coefficient (Wildman–Crippen LogP) is 2.97. The van der Waals surface area contributed by atoms with E-state index in [4.69, 9.17) is 12.2 Å². The van der Waals surface area contributed by atoms with E-state index in [2.05, 4.69) is 36.8 Å². The molecule has 2 fully saturated rings. The molecular weight excluding hydrogens is 368 g/mol. The highest BCUT2D eigenvalue weighted by atomic mass is 32.1. The molecule has 0 bridgehead atoms. The van der Waals surface area contributed by atoms with E-state index in [1.165, 1.54) is 18.4 Å². The van der Waals surface area contributed by atoms with Crippen molar-refractivity contribution in [3.05, 3.63) is 54.0 Å². The molecule has 2 N–H and O–H groups in total. The number of thiocarbonyl (C=S) groups is 1. The number of fused-ring (bicyclic) bond motifs is 1. The first-order chi connectivity index (χ1) is 13.7. The van der Waals surface area contributed by atoms with Gasteiger partial charge in [-0.15, -0.1) is 0 Å². The lowest BCUT2D eigenvalue weighted by molar-refractivity contribution is -0.0262. The normalized spacial score (nSPS) is 21.6. The number of aryl methyl sites for hydroxylation is 1. The van der Waals surface area contributed by atoms with Crippen molar-refractivity contribution in [3.8, 4) is 0 Å². The zero-order valence-electron chi connectivity index (χ0n) is 15.8. The van der Waals surface area contributed by atoms with Gasteiger partial charge < -0.3 is 10.2 Å². The summed E-state index contributed by atoms with van der Waals surface area (Å²) >= 11 is 5.56. The van der Waals surface area contributed by atoms with Gasteiger partial charge in [0.2, 0.25) is 0 Å². The van der Waals surface area contributed by atoms with Gasteiger partial charge in [0.15, 0.2) is 5.11 Å². The molecule has 2 aromatic heterocycles. The van der Waals surface area contributed by atoms with Crippen LogP contribution in [0.1, 0.15) is 36.9 Å². The lowest BCUT2D eigenvalue weighted by Crippen LogP contribution is -2.67. The zero-order valence-corrected chi connectivity index (χ0v) is 16.6. The van der Waals surface area contributed by atoms with Crippen LogP contribution < -0.4 is 10.7 Å². The number of pyridine rings is 2. The van der Waals surface area contributed by atoms with Crippen LogP contribution in [0.3, 0.4) is 0 Å². The van der Waals surface area contributed by atoms with E-state index < -0.39 is 0 Å². The van der Waals surface area contributed by atoms with E-state index in [1.807, 2.05) is 36.7 Å². The van der Waals surface area contributed by atoms with Crippen LogP contribution in [0.4, 0.5) is 5.82 Å². The number of hydrazone groups is 1. The maximum Gasteiger partial charge on any atom is 0.189 e. The molecule has 7 heteroatoms. The Morgan fingerprint density at radius 2 is 1.96 bits per heavy atom. The number of nitrogens with zero attached hydrogens (tertiary/aromatic N) is 4. The number of nitrogens with one attached hydrogen (secondary N) is 2. The minimum absolute atomic E-state index is 0.407. The number of hydrogen-bond donors (Lipinski definition) is 2. The van der Waals surface area contributed by atoms with Gasteiger partial charge in [0.1, 0.15) is 5.82 Å². The Balaban J connectivity index is 1.12. The molecule has 6 nitrogen and oxygen atoms in total. The van der Waals surface area contributed by atoms with Crippen molar-refractivity contribution >= 4 is 28.9 Å². The Kier molecular flexibility index (Phi) is 4.47. The zero-order chi connectivity index (χ0) is 19.0. The smallest absolute Gasteiger partial charge is 0.189 e. The second-order valence-corrected chi connectivity index (χ2v) is 8.55. The maximum atomic E-state index is 5.56. The quantitative estimate of drug-likeness (QED) is 0.618. The van der Waals surface area contributed by atoms with Crippen LogP contribution in [0.2, 0.25) is 0 Å². The molecule has 2 aromatic rings. The van der Waals surface area contributed by atoms with E-state index in [0.717, 1.165) is 54.7 Å². The third-order valence-electron chi connectivity index (χ3n) is 6.03. The first-order valence-electron chi connectivity index (χ1n) is 9.94. The van der Waals surface area contributed by atoms with E-state index in [1.54, 1.807) is 0 Å². The Morgan fingerprint density at radius 1 is 1.11 bits per heavy atom. The van der Waals surface area contributed by atoms with Gasteiger partial charge in [0, 0.05) is 36.9 Å². The monoisotopic (exact) mass is 392 g/mol. The number of anilines is 1. The Morgan fingerprint density at radius 3 is 2.79 bits per heavy atom. The third-order valence-corrected chi connectivity index (χ3v) is 6.38. The lowest BCUT2D eigenvalue weighted by Gasteiger charge is -2.59. The molecule has 1 saturated carbocycles. The predicted molar refractivity (Wildman–Crippen MR) is 114 cm³/mol. The molecule has 28 heavy (non-hydrogen) atoms. The largest absolute Gasteiger partial charge is 0.367 e. The van der Waals surface area contributed by atoms with Crippen molar-refractivity contribution in [2.45, 2.75) is 38.1 Å². The lowest BCUT2D eigenvalue weighted by atomic mass is 9.61. The standard InChI is InChI=1S/C21H24N6S/c28-20(26-25-17-7-3-5-15-6-4-10-23-19(15)17)27-13-21(14-27)11-16(12-21)24-18-8-1-2-9-22-18/h1-2,4,6,8-10,16H,3,5,7,11-14H2,(H,22,24)(H,26,28)/b25-17-. The molecule has 1 aliphatic heterocycles. The van der Waals surface area contributed by atoms with E-state index >= 15 is 0 Å². The fraction of sp³-hybridized carbons (Fsp3) is 0.429. The van der Waals surface area contributed by atoms with Crippen LogP contribution in [0.5, 0.6) is 0 Å². The molecule has 3 aliphatic rings. The number of aromatic nitrogens is 2. The number of likely N-dealkylation sites (tertiary alicyclic amines) is 1. The summed E-state index contributed by atoms with van der Waals surface area (Å²) in [6.45, 7) is 2.03. The average molecular weight is 393 g/mol. The second-order valence-electron chi connectivity index (χ2n) is 8.16. The second kappa shape index (κ2) is 7.13. The summed E-state index contributed by atoms with van der Waals surface area (Å²) in [4.78, 5) is 11.1. The van der Waals surface area contributed by atoms with E-state index in [0.29, 0.717) is 11.5 Å². The van der Waals surface area contributed by atoms with Gasteiger partial charge in [-0.1, -0.05) is 12.1 Å². The summed E-state index contributed by atoms with van der Waals surface area (Å²) < 4.78 is 0. The number of hydrogen-bond acceptors (Lipinski definition) is 5. The van der Waals surface area contributed by atoms with Crippen molar-refractivity contribution in [1.82, 2.24) is 20.3 Å². The van der Waals surface area contributed by atoms with Gasteiger partial charge >= 0.3 is 0 Å². The summed E-state index contributed by atoms with van der Waals surface area (Å²) in [6, 6.07) is 10.6. The maximum absolute atomic E-state index is 5.56. The molecule has 144 valence electrons. The minimum Gasteiger partial charge on any atom is -0.367 e. The van der Waals surface area contributed by atoms with Crippen molar-refractivity contribution in [2.24, 2.45) is 10.5 Å². The molecule has 0 aromatic carbocycles. The summed E-state index contributed by atoms with van der Waals surface area (Å²) in [5.41, 5.74) is 6.84. The molecule has 1 spiro atoms. The van der Waals surface area contributed by atoms with Crippen molar-refractivity contribution in [1.29, 1.82) is 0 Å². The molecule has 5 rings (SSSR count). The highest BCUT2D eigenvalue weighted by Crippen LogP contribution is 2.49. The average Bonchev–Trinajstić information content (AvgIpc) is 2.67. The molecule has 0 atom stereocenters. The van der Waals surface area contributed by atoms with Crippen LogP contribution in [-0.2, 0) is 6.42 Å². The minimum atomic E-state index is 0.407. The van der Waals surface area contributed by atoms with Gasteiger partial charge in [0.05, 0.1) is 11.4 Å². The van der Waals surface area contributed by atoms with Gasteiger partial charge in [-0.2, -0.15) is 5.10 Å². The first kappa shape index (κ1) is 17.6. The SMILES string of the molecule is S=C(N/N=C1/CCCc2cccnc21)N1CC2(CC(Nc3ccccn3)C2)C1. The van der Waals surface area contributed by atoms with Crippen molar-refractivity contribution in [2.75, 3.05) is 18.4 Å². The van der Waals surface area contributed by atoms with Gasteiger partial charge in [-0.25, -0.2) is 4.98 Å². The fourth-order valence-electron chi connectivity index (χ4n) is 4.67. The first-order valence-corrected chi connectivity index (χ1v) is 10.3. The van der Waals surface area contributed by atoms with Gasteiger partial charge in [-0.05, 0) is 68.1 Å². The fourth-order valence-corrected chi connectivity index (χ4v) is 4.84. The van der Waals surface area contributed by atoms with Crippen LogP contribution in [0.25, 0.3) is 0 Å². The molecule has 0 radical (unpaired) electrons. The van der Waals surface area contributed by atoms with Gasteiger partial charge in [0.25, 0.3) is 0 Å². The highest BCUT2D eigenvalue weighted by Gasteiger charge is 2.53. The van der Waals surface area contributed by atoms with Gasteiger partial charge in [-0.3, -0.25) is 10.4 Å². The highest BCUT2D eigenvalue weighted by molar-refractivity contribution is 7.80. The number of rotatable bonds is 3. The van der Waals surface area contributed by atoms with Crippen molar-refractivity contribution in [3.63, 3.8) is 0 Å². The topological polar surface area (TPSA) is 65.4 Å². The Hall–Kier alpha value is -2.54. The molecule has 2 aliphatic carbocycles. The van der Waals surface area contributed by atoms with E-state index in [9.17, 15) is 0 Å². The summed E-state index contributed by atoms with van der Waals surface area (Å²) in [5.74, 6) is 0.966. The van der Waals surface area contributed by atoms with Crippen LogP contribution >= 0.6 is 12.2 Å². The Labute approximate surface area is 170 Å². The summed E-state index contributed by atoms with van der Waals surface area (Å²) in [5, 5.41) is 8.83. The molecule has 0 amide bonds. The van der Waals surface area contributed by atoms with E-state index in [-0.39, 0.29) is 0 Å². The molecular formula is C21H24N6S. The van der Waals surface area contributed by atoms with Crippen LogP contribution in [-0.4, -0.2) is 44.8 Å². The van der Waals surface area contributed by atoms with Crippen LogP contribution in [0, 0.1) is 5.41 Å². The van der Waals surface area contributed by atoms with Crippen molar-refractivity contribution < 1.29 is 0 Å². The molecule has 1 saturated heterocycles. The van der Waals surface area contributed by atoms with Crippen LogP contribution in [0.15, 0.2) is 47.8 Å². The molecule has 3 heterocycles. The third kappa shape index (κ3) is 3.35. The summed E-state index contributed by atoms with van der Waals surface area (Å²) in [6.07, 6.45) is 9.16. The summed E-state index contributed by atoms with van der Waals surface area (Å²) in [7, 11) is 0. The Bertz CT molecular complexity index is 898.